The summed E-state index contributed by atoms with van der Waals surface area (Å²) in [5.41, 5.74) is 0.920. The third-order valence-corrected chi connectivity index (χ3v) is 5.34. The molecule has 0 spiro atoms. The molecule has 2 aromatic heterocycles. The zero-order valence-electron chi connectivity index (χ0n) is 16.6. The van der Waals surface area contributed by atoms with Gasteiger partial charge in [-0.25, -0.2) is 4.99 Å². The average molecular weight is 526 g/mol. The SMILES string of the molecule is Cc1nnc(CN=C(NCCC(O)c2ccccc2)NCc2cccs2)n1C.I. The van der Waals surface area contributed by atoms with Crippen molar-refractivity contribution in [1.29, 1.82) is 0 Å². The first kappa shape index (κ1) is 23.3. The van der Waals surface area contributed by atoms with E-state index in [9.17, 15) is 5.11 Å². The molecule has 1 unspecified atom stereocenters. The molecule has 29 heavy (non-hydrogen) atoms. The molecule has 0 saturated carbocycles. The van der Waals surface area contributed by atoms with Crippen LogP contribution in [0.25, 0.3) is 0 Å². The first-order valence-corrected chi connectivity index (χ1v) is 10.1. The van der Waals surface area contributed by atoms with Gasteiger partial charge in [0.05, 0.1) is 12.6 Å². The predicted octanol–water partition coefficient (Wildman–Crippen LogP) is 3.16. The molecule has 3 N–H and O–H groups in total. The van der Waals surface area contributed by atoms with Crippen molar-refractivity contribution in [1.82, 2.24) is 25.4 Å². The van der Waals surface area contributed by atoms with E-state index in [2.05, 4.69) is 37.3 Å². The number of nitrogens with zero attached hydrogens (tertiary/aromatic N) is 4. The zero-order chi connectivity index (χ0) is 19.8. The van der Waals surface area contributed by atoms with Crippen LogP contribution in [0.1, 0.15) is 34.6 Å². The maximum absolute atomic E-state index is 10.3. The summed E-state index contributed by atoms with van der Waals surface area (Å²) in [7, 11) is 1.93. The molecular formula is C20H27IN6OS. The molecule has 9 heteroatoms. The van der Waals surface area contributed by atoms with E-state index in [0.717, 1.165) is 17.2 Å². The topological polar surface area (TPSA) is 87.4 Å². The Hall–Kier alpha value is -1.98. The van der Waals surface area contributed by atoms with Crippen LogP contribution in [0.2, 0.25) is 0 Å². The highest BCUT2D eigenvalue weighted by molar-refractivity contribution is 14.0. The Kier molecular flexibility index (Phi) is 9.55. The van der Waals surface area contributed by atoms with E-state index in [1.54, 1.807) is 11.3 Å². The highest BCUT2D eigenvalue weighted by atomic mass is 127. The van der Waals surface area contributed by atoms with Gasteiger partial charge >= 0.3 is 0 Å². The summed E-state index contributed by atoms with van der Waals surface area (Å²) >= 11 is 1.70. The van der Waals surface area contributed by atoms with Gasteiger partial charge in [0.1, 0.15) is 12.4 Å². The summed E-state index contributed by atoms with van der Waals surface area (Å²) in [5, 5.41) is 27.3. The van der Waals surface area contributed by atoms with Crippen molar-refractivity contribution in [2.24, 2.45) is 12.0 Å². The van der Waals surface area contributed by atoms with Crippen molar-refractivity contribution in [3.8, 4) is 0 Å². The van der Waals surface area contributed by atoms with Crippen molar-refractivity contribution in [3.05, 3.63) is 69.9 Å². The quantitative estimate of drug-likeness (QED) is 0.239. The summed E-state index contributed by atoms with van der Waals surface area (Å²) in [5.74, 6) is 2.35. The lowest BCUT2D eigenvalue weighted by Crippen LogP contribution is -2.37. The van der Waals surface area contributed by atoms with Crippen LogP contribution in [0, 0.1) is 6.92 Å². The van der Waals surface area contributed by atoms with Crippen molar-refractivity contribution in [2.45, 2.75) is 32.5 Å². The molecule has 0 saturated heterocycles. The molecule has 0 amide bonds. The number of aliphatic hydroxyl groups excluding tert-OH is 1. The number of thiophene rings is 1. The van der Waals surface area contributed by atoms with Crippen LogP contribution >= 0.6 is 35.3 Å². The lowest BCUT2D eigenvalue weighted by Gasteiger charge is -2.15. The number of hydrogen-bond acceptors (Lipinski definition) is 5. The number of rotatable bonds is 8. The molecule has 0 aliphatic rings. The van der Waals surface area contributed by atoms with Crippen LogP contribution < -0.4 is 10.6 Å². The number of aromatic nitrogens is 3. The fraction of sp³-hybridized carbons (Fsp3) is 0.350. The van der Waals surface area contributed by atoms with Gasteiger partial charge in [0, 0.05) is 18.5 Å². The molecule has 0 bridgehead atoms. The molecule has 1 aromatic carbocycles. The molecule has 7 nitrogen and oxygen atoms in total. The zero-order valence-corrected chi connectivity index (χ0v) is 19.7. The van der Waals surface area contributed by atoms with E-state index >= 15 is 0 Å². The van der Waals surface area contributed by atoms with Crippen LogP contribution in [0.4, 0.5) is 0 Å². The van der Waals surface area contributed by atoms with Crippen LogP contribution in [0.5, 0.6) is 0 Å². The normalized spacial score (nSPS) is 12.3. The average Bonchev–Trinajstić information content (AvgIpc) is 3.35. The van der Waals surface area contributed by atoms with Crippen LogP contribution in [-0.2, 0) is 20.1 Å². The van der Waals surface area contributed by atoms with Gasteiger partial charge in [0.25, 0.3) is 0 Å². The number of benzene rings is 1. The Morgan fingerprint density at radius 2 is 1.97 bits per heavy atom. The molecule has 2 heterocycles. The molecule has 3 aromatic rings. The highest BCUT2D eigenvalue weighted by Crippen LogP contribution is 2.15. The Morgan fingerprint density at radius 1 is 1.17 bits per heavy atom. The van der Waals surface area contributed by atoms with Gasteiger partial charge < -0.3 is 20.3 Å². The summed E-state index contributed by atoms with van der Waals surface area (Å²) in [6.45, 7) is 3.64. The van der Waals surface area contributed by atoms with Gasteiger partial charge in [-0.15, -0.1) is 45.5 Å². The Morgan fingerprint density at radius 3 is 2.62 bits per heavy atom. The maximum atomic E-state index is 10.3. The van der Waals surface area contributed by atoms with E-state index in [1.807, 2.05) is 54.9 Å². The molecule has 0 aliphatic heterocycles. The maximum Gasteiger partial charge on any atom is 0.192 e. The summed E-state index contributed by atoms with van der Waals surface area (Å²) in [6, 6.07) is 13.8. The second-order valence-corrected chi connectivity index (χ2v) is 7.49. The minimum Gasteiger partial charge on any atom is -0.388 e. The molecule has 3 rings (SSSR count). The molecular weight excluding hydrogens is 499 g/mol. The summed E-state index contributed by atoms with van der Waals surface area (Å²) in [4.78, 5) is 5.86. The Balaban J connectivity index is 0.00000300. The molecule has 0 radical (unpaired) electrons. The second kappa shape index (κ2) is 11.9. The smallest absolute Gasteiger partial charge is 0.192 e. The van der Waals surface area contributed by atoms with Gasteiger partial charge in [0.15, 0.2) is 11.8 Å². The lowest BCUT2D eigenvalue weighted by molar-refractivity contribution is 0.168. The van der Waals surface area contributed by atoms with Gasteiger partial charge in [-0.3, -0.25) is 0 Å². The number of aliphatic imine (C=N–C) groups is 1. The third kappa shape index (κ3) is 7.09. The van der Waals surface area contributed by atoms with Gasteiger partial charge in [-0.2, -0.15) is 0 Å². The van der Waals surface area contributed by atoms with Crippen LogP contribution in [0.3, 0.4) is 0 Å². The Labute approximate surface area is 192 Å². The Bertz CT molecular complexity index is 882. The van der Waals surface area contributed by atoms with Crippen molar-refractivity contribution < 1.29 is 5.11 Å². The molecule has 156 valence electrons. The predicted molar refractivity (Wildman–Crippen MR) is 127 cm³/mol. The summed E-state index contributed by atoms with van der Waals surface area (Å²) in [6.07, 6.45) is 0.0842. The van der Waals surface area contributed by atoms with Crippen molar-refractivity contribution in [3.63, 3.8) is 0 Å². The van der Waals surface area contributed by atoms with E-state index in [0.29, 0.717) is 32.0 Å². The van der Waals surface area contributed by atoms with Gasteiger partial charge in [0.2, 0.25) is 0 Å². The van der Waals surface area contributed by atoms with Crippen LogP contribution in [-0.4, -0.2) is 32.4 Å². The number of guanidine groups is 1. The number of nitrogens with one attached hydrogen (secondary N) is 2. The third-order valence-electron chi connectivity index (χ3n) is 4.47. The number of aryl methyl sites for hydroxylation is 1. The summed E-state index contributed by atoms with van der Waals surface area (Å²) < 4.78 is 1.93. The molecule has 1 atom stereocenters. The largest absolute Gasteiger partial charge is 0.388 e. The number of halogens is 1. The van der Waals surface area contributed by atoms with Crippen molar-refractivity contribution in [2.75, 3.05) is 6.54 Å². The van der Waals surface area contributed by atoms with E-state index in [-0.39, 0.29) is 24.0 Å². The highest BCUT2D eigenvalue weighted by Gasteiger charge is 2.09. The second-order valence-electron chi connectivity index (χ2n) is 6.46. The fourth-order valence-corrected chi connectivity index (χ4v) is 3.31. The molecule has 0 fully saturated rings. The monoisotopic (exact) mass is 526 g/mol. The van der Waals surface area contributed by atoms with Crippen LogP contribution in [0.15, 0.2) is 52.8 Å². The van der Waals surface area contributed by atoms with Gasteiger partial charge in [-0.1, -0.05) is 36.4 Å². The standard InChI is InChI=1S/C20H26N6OS.HI/c1-15-24-25-19(26(15)2)14-23-20(22-13-17-9-6-12-28-17)21-11-10-18(27)16-7-4-3-5-8-16;/h3-9,12,18,27H,10-11,13-14H2,1-2H3,(H2,21,22,23);1H. The minimum atomic E-state index is -0.506. The van der Waals surface area contributed by atoms with E-state index < -0.39 is 6.10 Å². The first-order valence-electron chi connectivity index (χ1n) is 9.26. The lowest BCUT2D eigenvalue weighted by atomic mass is 10.1. The van der Waals surface area contributed by atoms with E-state index in [4.69, 9.17) is 0 Å². The number of aliphatic hydroxyl groups is 1. The first-order chi connectivity index (χ1) is 13.6. The van der Waals surface area contributed by atoms with Gasteiger partial charge in [-0.05, 0) is 30.4 Å². The van der Waals surface area contributed by atoms with E-state index in [1.165, 1.54) is 4.88 Å². The number of hydrogen-bond donors (Lipinski definition) is 3. The minimum absolute atomic E-state index is 0. The molecule has 0 aliphatic carbocycles. The van der Waals surface area contributed by atoms with Crippen molar-refractivity contribution >= 4 is 41.3 Å². The fourth-order valence-electron chi connectivity index (χ4n) is 2.67.